The van der Waals surface area contributed by atoms with Crippen LogP contribution in [0.5, 0.6) is 0 Å². The minimum atomic E-state index is -0.450. The van der Waals surface area contributed by atoms with Gasteiger partial charge in [-0.3, -0.25) is 14.4 Å². The third-order valence-corrected chi connectivity index (χ3v) is 3.53. The lowest BCUT2D eigenvalue weighted by atomic mass is 10.2. The molecule has 24 heavy (non-hydrogen) atoms. The predicted molar refractivity (Wildman–Crippen MR) is 90.0 cm³/mol. The molecule has 0 aliphatic rings. The summed E-state index contributed by atoms with van der Waals surface area (Å²) in [6.45, 7) is -0.129. The van der Waals surface area contributed by atoms with Crippen molar-refractivity contribution < 1.29 is 18.8 Å². The van der Waals surface area contributed by atoms with E-state index >= 15 is 0 Å². The normalized spacial score (nSPS) is 10.0. The van der Waals surface area contributed by atoms with Crippen LogP contribution in [0.4, 0.5) is 0 Å². The molecule has 8 heteroatoms. The maximum Gasteiger partial charge on any atom is 0.251 e. The second-order valence-corrected chi connectivity index (χ2v) is 5.74. The summed E-state index contributed by atoms with van der Waals surface area (Å²) in [5, 5.41) is 7.51. The second-order valence-electron chi connectivity index (χ2n) is 4.82. The zero-order valence-electron chi connectivity index (χ0n) is 12.7. The first-order valence-electron chi connectivity index (χ1n) is 7.14. The van der Waals surface area contributed by atoms with E-state index in [1.807, 2.05) is 0 Å². The van der Waals surface area contributed by atoms with Gasteiger partial charge in [0.05, 0.1) is 25.9 Å². The van der Waals surface area contributed by atoms with Crippen molar-refractivity contribution in [2.24, 2.45) is 0 Å². The second kappa shape index (κ2) is 8.88. The monoisotopic (exact) mass is 393 g/mol. The third kappa shape index (κ3) is 5.88. The highest BCUT2D eigenvalue weighted by Gasteiger charge is 2.09. The van der Waals surface area contributed by atoms with Crippen LogP contribution in [0.1, 0.15) is 16.1 Å². The largest absolute Gasteiger partial charge is 0.467 e. The van der Waals surface area contributed by atoms with Crippen LogP contribution in [-0.2, 0) is 16.1 Å². The summed E-state index contributed by atoms with van der Waals surface area (Å²) in [6, 6.07) is 10.2. The quantitative estimate of drug-likeness (QED) is 0.657. The molecule has 0 bridgehead atoms. The fourth-order valence-electron chi connectivity index (χ4n) is 1.77. The van der Waals surface area contributed by atoms with E-state index in [1.165, 1.54) is 6.26 Å². The number of benzene rings is 1. The van der Waals surface area contributed by atoms with Crippen molar-refractivity contribution in [3.05, 3.63) is 58.5 Å². The minimum Gasteiger partial charge on any atom is -0.467 e. The van der Waals surface area contributed by atoms with E-state index < -0.39 is 5.91 Å². The van der Waals surface area contributed by atoms with E-state index in [1.54, 1.807) is 36.4 Å². The number of amides is 3. The standard InChI is InChI=1S/C16H16BrN3O4/c17-12-5-3-11(4-6-12)16(23)20-10-15(22)19-9-14(21)18-8-13-2-1-7-24-13/h1-7H,8-10H2,(H,18,21)(H,19,22)(H,20,23). The number of nitrogens with one attached hydrogen (secondary N) is 3. The molecule has 3 amide bonds. The third-order valence-electron chi connectivity index (χ3n) is 3.00. The zero-order chi connectivity index (χ0) is 17.4. The van der Waals surface area contributed by atoms with Gasteiger partial charge in [0.2, 0.25) is 11.8 Å². The molecule has 0 aliphatic carbocycles. The fourth-order valence-corrected chi connectivity index (χ4v) is 2.03. The summed E-state index contributed by atoms with van der Waals surface area (Å²) in [7, 11) is 0. The van der Waals surface area contributed by atoms with Gasteiger partial charge in [-0.1, -0.05) is 15.9 Å². The number of carbonyl (C=O) groups excluding carboxylic acids is 3. The summed E-state index contributed by atoms with van der Waals surface area (Å²) >= 11 is 3.28. The molecule has 0 fully saturated rings. The van der Waals surface area contributed by atoms with Gasteiger partial charge in [-0.2, -0.15) is 0 Å². The van der Waals surface area contributed by atoms with E-state index in [-0.39, 0.29) is 31.4 Å². The highest BCUT2D eigenvalue weighted by atomic mass is 79.9. The highest BCUT2D eigenvalue weighted by Crippen LogP contribution is 2.10. The minimum absolute atomic E-state index is 0.173. The van der Waals surface area contributed by atoms with E-state index in [4.69, 9.17) is 4.42 Å². The first-order chi connectivity index (χ1) is 11.5. The number of furan rings is 1. The van der Waals surface area contributed by atoms with Crippen LogP contribution in [0.2, 0.25) is 0 Å². The Morgan fingerprint density at radius 3 is 2.25 bits per heavy atom. The number of hydrogen-bond acceptors (Lipinski definition) is 4. The van der Waals surface area contributed by atoms with E-state index in [9.17, 15) is 14.4 Å². The maximum absolute atomic E-state index is 11.8. The molecule has 0 spiro atoms. The molecule has 3 N–H and O–H groups in total. The van der Waals surface area contributed by atoms with Gasteiger partial charge >= 0.3 is 0 Å². The van der Waals surface area contributed by atoms with Crippen LogP contribution in [0.25, 0.3) is 0 Å². The summed E-state index contributed by atoms with van der Waals surface area (Å²) in [6.07, 6.45) is 1.51. The average Bonchev–Trinajstić information content (AvgIpc) is 3.10. The lowest BCUT2D eigenvalue weighted by Gasteiger charge is -2.07. The first-order valence-corrected chi connectivity index (χ1v) is 7.93. The van der Waals surface area contributed by atoms with Crippen molar-refractivity contribution in [2.45, 2.75) is 6.54 Å². The molecule has 1 heterocycles. The number of hydrogen-bond donors (Lipinski definition) is 3. The molecule has 0 aliphatic heterocycles. The number of rotatable bonds is 7. The molecule has 126 valence electrons. The molecule has 0 saturated heterocycles. The lowest BCUT2D eigenvalue weighted by Crippen LogP contribution is -2.41. The van der Waals surface area contributed by atoms with Crippen molar-refractivity contribution in [1.82, 2.24) is 16.0 Å². The summed E-state index contributed by atoms with van der Waals surface area (Å²) in [5.74, 6) is -0.538. The Kier molecular flexibility index (Phi) is 6.56. The van der Waals surface area contributed by atoms with Crippen LogP contribution in [0, 0.1) is 0 Å². The molecule has 0 atom stereocenters. The van der Waals surface area contributed by atoms with Crippen LogP contribution in [-0.4, -0.2) is 30.8 Å². The Labute approximate surface area is 146 Å². The fraction of sp³-hybridized carbons (Fsp3) is 0.188. The topological polar surface area (TPSA) is 100 Å². The molecule has 2 rings (SSSR count). The molecule has 0 radical (unpaired) electrons. The summed E-state index contributed by atoms with van der Waals surface area (Å²) in [4.78, 5) is 35.0. The molecular formula is C16H16BrN3O4. The molecule has 1 aromatic carbocycles. The van der Waals surface area contributed by atoms with Crippen LogP contribution in [0.15, 0.2) is 51.6 Å². The van der Waals surface area contributed by atoms with Gasteiger partial charge in [0, 0.05) is 10.0 Å². The van der Waals surface area contributed by atoms with Crippen molar-refractivity contribution in [3.8, 4) is 0 Å². The molecule has 1 aromatic heterocycles. The Bertz CT molecular complexity index is 699. The van der Waals surface area contributed by atoms with Crippen LogP contribution < -0.4 is 16.0 Å². The molecule has 7 nitrogen and oxygen atoms in total. The van der Waals surface area contributed by atoms with E-state index in [2.05, 4.69) is 31.9 Å². The molecular weight excluding hydrogens is 378 g/mol. The van der Waals surface area contributed by atoms with Gasteiger partial charge in [0.15, 0.2) is 0 Å². The zero-order valence-corrected chi connectivity index (χ0v) is 14.3. The van der Waals surface area contributed by atoms with Gasteiger partial charge in [0.1, 0.15) is 5.76 Å². The predicted octanol–water partition coefficient (Wildman–Crippen LogP) is 1.20. The SMILES string of the molecule is O=C(CNC(=O)CNC(=O)c1ccc(Br)cc1)NCc1ccco1. The Hall–Kier alpha value is -2.61. The van der Waals surface area contributed by atoms with Crippen LogP contribution >= 0.6 is 15.9 Å². The Morgan fingerprint density at radius 2 is 1.58 bits per heavy atom. The molecule has 0 unspecified atom stereocenters. The van der Waals surface area contributed by atoms with E-state index in [0.29, 0.717) is 11.3 Å². The first kappa shape index (κ1) is 17.7. The smallest absolute Gasteiger partial charge is 0.251 e. The molecule has 2 aromatic rings. The van der Waals surface area contributed by atoms with Crippen LogP contribution in [0.3, 0.4) is 0 Å². The van der Waals surface area contributed by atoms with Crippen molar-refractivity contribution in [3.63, 3.8) is 0 Å². The number of carbonyl (C=O) groups is 3. The van der Waals surface area contributed by atoms with Gasteiger partial charge in [-0.05, 0) is 36.4 Å². The van der Waals surface area contributed by atoms with E-state index in [0.717, 1.165) is 4.47 Å². The van der Waals surface area contributed by atoms with Crippen molar-refractivity contribution in [1.29, 1.82) is 0 Å². The highest BCUT2D eigenvalue weighted by molar-refractivity contribution is 9.10. The average molecular weight is 394 g/mol. The van der Waals surface area contributed by atoms with Gasteiger partial charge in [-0.25, -0.2) is 0 Å². The summed E-state index contributed by atoms with van der Waals surface area (Å²) in [5.41, 5.74) is 0.446. The van der Waals surface area contributed by atoms with Crippen molar-refractivity contribution >= 4 is 33.7 Å². The van der Waals surface area contributed by atoms with Gasteiger partial charge in [0.25, 0.3) is 5.91 Å². The lowest BCUT2D eigenvalue weighted by molar-refractivity contribution is -0.125. The number of halogens is 1. The Morgan fingerprint density at radius 1 is 0.917 bits per heavy atom. The van der Waals surface area contributed by atoms with Gasteiger partial charge in [-0.15, -0.1) is 0 Å². The summed E-state index contributed by atoms with van der Waals surface area (Å²) < 4.78 is 5.93. The van der Waals surface area contributed by atoms with Crippen molar-refractivity contribution in [2.75, 3.05) is 13.1 Å². The van der Waals surface area contributed by atoms with Gasteiger partial charge < -0.3 is 20.4 Å². The molecule has 0 saturated carbocycles. The Balaban J connectivity index is 1.64. The maximum atomic E-state index is 11.8.